The summed E-state index contributed by atoms with van der Waals surface area (Å²) in [6.45, 7) is 11.0. The molecular formula is C57H77N17O16. The van der Waals surface area contributed by atoms with Gasteiger partial charge in [-0.25, -0.2) is 39.3 Å². The van der Waals surface area contributed by atoms with Gasteiger partial charge in [0.05, 0.1) is 88.5 Å². The molecule has 0 aliphatic heterocycles. The van der Waals surface area contributed by atoms with Crippen molar-refractivity contribution in [3.63, 3.8) is 0 Å². The van der Waals surface area contributed by atoms with Gasteiger partial charge in [-0.2, -0.15) is 9.97 Å². The highest BCUT2D eigenvalue weighted by Crippen LogP contribution is 2.16. The molecule has 6 rings (SSSR count). The molecule has 0 aliphatic carbocycles. The third-order valence-electron chi connectivity index (χ3n) is 13.2. The first kappa shape index (κ1) is 69.7. The lowest BCUT2D eigenvalue weighted by Crippen LogP contribution is -2.51. The zero-order valence-corrected chi connectivity index (χ0v) is 50.3. The molecule has 4 heterocycles. The van der Waals surface area contributed by atoms with Crippen LogP contribution in [0.1, 0.15) is 85.5 Å². The number of carbonyl (C=O) groups is 6. The number of carboxylic acids is 2. The first-order valence-corrected chi connectivity index (χ1v) is 29.0. The monoisotopic (exact) mass is 1260 g/mol. The normalized spacial score (nSPS) is 13.0. The van der Waals surface area contributed by atoms with Gasteiger partial charge in [-0.05, 0) is 74.7 Å². The number of hydrogen-bond acceptors (Lipinski definition) is 25. The van der Waals surface area contributed by atoms with Crippen LogP contribution in [-0.4, -0.2) is 194 Å². The summed E-state index contributed by atoms with van der Waals surface area (Å²) in [5.41, 5.74) is 12.7. The summed E-state index contributed by atoms with van der Waals surface area (Å²) >= 11 is 0. The molecule has 5 unspecified atom stereocenters. The van der Waals surface area contributed by atoms with Gasteiger partial charge in [0.15, 0.2) is 28.6 Å². The van der Waals surface area contributed by atoms with Crippen LogP contribution in [0.4, 0.5) is 23.3 Å². The number of nitrogens with two attached hydrogens (primary N) is 2. The van der Waals surface area contributed by atoms with Crippen molar-refractivity contribution in [3.05, 3.63) is 104 Å². The number of carboxylic acid groups (broad SMARTS) is 2. The van der Waals surface area contributed by atoms with Crippen molar-refractivity contribution < 1.29 is 67.7 Å². The van der Waals surface area contributed by atoms with Crippen molar-refractivity contribution in [3.8, 4) is 0 Å². The lowest BCUT2D eigenvalue weighted by molar-refractivity contribution is -0.326. The number of aromatic amines is 2. The first-order chi connectivity index (χ1) is 43.3. The fourth-order valence-electron chi connectivity index (χ4n) is 8.45. The number of benzene rings is 2. The van der Waals surface area contributed by atoms with Crippen LogP contribution in [0.2, 0.25) is 0 Å². The van der Waals surface area contributed by atoms with E-state index in [1.54, 1.807) is 24.3 Å². The molecule has 2 aromatic carbocycles. The molecule has 0 bridgehead atoms. The number of nitrogens with zero attached hydrogens (tertiary/aromatic N) is 7. The van der Waals surface area contributed by atoms with E-state index < -0.39 is 70.9 Å². The van der Waals surface area contributed by atoms with Crippen LogP contribution in [0, 0.1) is 5.92 Å². The molecule has 5 atom stereocenters. The van der Waals surface area contributed by atoms with E-state index in [0.717, 1.165) is 12.8 Å². The van der Waals surface area contributed by atoms with E-state index in [9.17, 15) is 48.6 Å². The zero-order chi connectivity index (χ0) is 65.0. The maximum atomic E-state index is 13.3. The largest absolute Gasteiger partial charge is 0.480 e. The fraction of sp³-hybridized carbons (Fsp3) is 0.474. The number of aromatic nitrogens is 8. The van der Waals surface area contributed by atoms with Crippen LogP contribution < -0.4 is 54.5 Å². The van der Waals surface area contributed by atoms with Crippen LogP contribution in [0.25, 0.3) is 22.3 Å². The third kappa shape index (κ3) is 23.0. The molecule has 486 valence electrons. The number of fused-ring (bicyclic) bond motifs is 2. The Hall–Kier alpha value is -9.38. The van der Waals surface area contributed by atoms with Crippen molar-refractivity contribution in [1.82, 2.24) is 66.0 Å². The van der Waals surface area contributed by atoms with Gasteiger partial charge in [-0.1, -0.05) is 20.8 Å². The van der Waals surface area contributed by atoms with Crippen molar-refractivity contribution in [2.45, 2.75) is 90.9 Å². The minimum absolute atomic E-state index is 0.0203. The van der Waals surface area contributed by atoms with Crippen LogP contribution >= 0.6 is 0 Å². The van der Waals surface area contributed by atoms with Crippen LogP contribution in [0.5, 0.6) is 0 Å². The van der Waals surface area contributed by atoms with Gasteiger partial charge in [-0.3, -0.25) is 43.6 Å². The molecule has 4 aromatic heterocycles. The quantitative estimate of drug-likeness (QED) is 0.0109. The van der Waals surface area contributed by atoms with Gasteiger partial charge in [0.25, 0.3) is 22.9 Å². The highest BCUT2D eigenvalue weighted by atomic mass is 17.2. The number of aliphatic carboxylic acids is 2. The zero-order valence-electron chi connectivity index (χ0n) is 50.3. The summed E-state index contributed by atoms with van der Waals surface area (Å²) in [6.07, 6.45) is 2.88. The Labute approximate surface area is 515 Å². The van der Waals surface area contributed by atoms with Crippen LogP contribution in [-0.2, 0) is 61.0 Å². The van der Waals surface area contributed by atoms with E-state index in [4.69, 9.17) is 40.2 Å². The Morgan fingerprint density at radius 1 is 0.644 bits per heavy atom. The molecule has 0 fully saturated rings. The molecule has 0 aliphatic rings. The molecule has 0 radical (unpaired) electrons. The molecule has 4 amide bonds. The minimum Gasteiger partial charge on any atom is -0.480 e. The van der Waals surface area contributed by atoms with E-state index >= 15 is 0 Å². The van der Waals surface area contributed by atoms with E-state index in [1.807, 2.05) is 18.7 Å². The van der Waals surface area contributed by atoms with Crippen LogP contribution in [0.15, 0.2) is 70.5 Å². The second-order valence-electron chi connectivity index (χ2n) is 20.3. The van der Waals surface area contributed by atoms with E-state index in [-0.39, 0.29) is 110 Å². The molecule has 33 heteroatoms. The molecule has 33 nitrogen and oxygen atoms in total. The number of anilines is 4. The molecular weight excluding hydrogens is 1180 g/mol. The predicted octanol–water partition coefficient (Wildman–Crippen LogP) is 0.694. The number of hydrogen-bond donors (Lipinski definition) is 12. The Balaban J connectivity index is 0.857. The lowest BCUT2D eigenvalue weighted by Gasteiger charge is -2.27. The number of ether oxygens (including phenoxy) is 4. The van der Waals surface area contributed by atoms with Crippen LogP contribution in [0.3, 0.4) is 0 Å². The van der Waals surface area contributed by atoms with Gasteiger partial charge in [0.1, 0.15) is 12.1 Å². The van der Waals surface area contributed by atoms with E-state index in [2.05, 4.69) is 71.8 Å². The van der Waals surface area contributed by atoms with Crippen molar-refractivity contribution >= 4 is 81.2 Å². The number of amides is 4. The third-order valence-corrected chi connectivity index (χ3v) is 13.2. The average molecular weight is 1260 g/mol. The first-order valence-electron chi connectivity index (χ1n) is 29.0. The molecule has 90 heavy (non-hydrogen) atoms. The highest BCUT2D eigenvalue weighted by Gasteiger charge is 2.33. The van der Waals surface area contributed by atoms with Crippen molar-refractivity contribution in [1.29, 1.82) is 0 Å². The number of nitrogens with one attached hydrogen (secondary N) is 8. The average Bonchev–Trinajstić information content (AvgIpc) is 0.978. The summed E-state index contributed by atoms with van der Waals surface area (Å²) in [4.78, 5) is 143. The summed E-state index contributed by atoms with van der Waals surface area (Å²) < 4.78 is 23.4. The van der Waals surface area contributed by atoms with Gasteiger partial charge in [-0.15, -0.1) is 0 Å². The summed E-state index contributed by atoms with van der Waals surface area (Å²) in [7, 11) is 0. The lowest BCUT2D eigenvalue weighted by atomic mass is 10.0. The maximum absolute atomic E-state index is 13.3. The Bertz CT molecular complexity index is 3450. The van der Waals surface area contributed by atoms with E-state index in [1.165, 1.54) is 50.5 Å². The second-order valence-corrected chi connectivity index (χ2v) is 20.3. The number of H-pyrrole nitrogens is 2. The number of rotatable bonds is 41. The Morgan fingerprint density at radius 3 is 1.73 bits per heavy atom. The van der Waals surface area contributed by atoms with E-state index in [0.29, 0.717) is 68.8 Å². The van der Waals surface area contributed by atoms with Gasteiger partial charge in [0.2, 0.25) is 23.7 Å². The highest BCUT2D eigenvalue weighted by molar-refractivity contribution is 5.98. The molecule has 0 saturated carbocycles. The summed E-state index contributed by atoms with van der Waals surface area (Å²) in [5.74, 6) is -6.69. The molecule has 0 spiro atoms. The van der Waals surface area contributed by atoms with Gasteiger partial charge in [0, 0.05) is 68.3 Å². The second kappa shape index (κ2) is 36.2. The Kier molecular flexibility index (Phi) is 28.0. The van der Waals surface area contributed by atoms with Gasteiger partial charge >= 0.3 is 11.9 Å². The molecule has 14 N–H and O–H groups in total. The number of carbonyl (C=O) groups excluding carboxylic acids is 4. The smallest absolute Gasteiger partial charge is 0.327 e. The summed E-state index contributed by atoms with van der Waals surface area (Å²) in [5, 5.41) is 36.2. The molecule has 0 saturated heterocycles. The SMILES string of the molecule is CCCOCC(CN(CCOCCOCCNC(=O)CCC(NC(=O)c1ccc(NCc2cnc3nc(N)[nH]c(=O)c3n2)cc1)C(=O)O)CCOOC(C)NC(=O)C(C)C(NC(=O)c1ccc(NCc2cnc3nc(N)[nH]c(=O)c3n2)cc1)C(=O)O)OCCC. The summed E-state index contributed by atoms with van der Waals surface area (Å²) in [6, 6.07) is 9.38. The van der Waals surface area contributed by atoms with Crippen molar-refractivity contribution in [2.75, 3.05) is 101 Å². The molecule has 6 aromatic rings. The van der Waals surface area contributed by atoms with Crippen molar-refractivity contribution in [2.24, 2.45) is 5.92 Å². The Morgan fingerprint density at radius 2 is 1.19 bits per heavy atom. The topological polar surface area (TPSA) is 469 Å². The predicted molar refractivity (Wildman–Crippen MR) is 325 cm³/mol. The van der Waals surface area contributed by atoms with Gasteiger partial charge < -0.3 is 72.5 Å². The minimum atomic E-state index is -1.61. The standard InChI is InChI=1S/C57H77N17O16/c1-5-20-87-32-41(88-21-6-2)31-74(19-24-89-90-34(4)65-49(76)33(3)44(55(83)84)69-51(78)36-9-13-38(14-10-36)62-28-40-30-64-48-46(67-40)53(80)73-57(59)71-48)18-23-86-26-25-85-22-17-60-43(75)16-15-42(54(81)82)68-50(77)35-7-11-37(12-8-35)61-27-39-29-63-47-45(66-39)52(79)72-56(58)70-47/h7-14,29-30,33-34,41-42,44,61-62H,5-6,15-28,31-32H2,1-4H3,(H,60,75)(H,65,76)(H,68,77)(H,69,78)(H,81,82)(H,83,84)(H3,58,63,70,72,79)(H3,59,64,71,73,80). The maximum Gasteiger partial charge on any atom is 0.327 e. The number of nitrogen functional groups attached to an aromatic ring is 2. The fourth-order valence-corrected chi connectivity index (χ4v) is 8.45.